The lowest BCUT2D eigenvalue weighted by molar-refractivity contribution is 0.0817. The van der Waals surface area contributed by atoms with Crippen molar-refractivity contribution in [3.05, 3.63) is 107 Å². The van der Waals surface area contributed by atoms with Gasteiger partial charge in [0, 0.05) is 22.3 Å². The second-order valence-electron chi connectivity index (χ2n) is 5.19. The average Bonchev–Trinajstić information content (AvgIpc) is 2.67. The van der Waals surface area contributed by atoms with Crippen LogP contribution in [0.2, 0.25) is 0 Å². The average molecular weight is 310 g/mol. The quantitative estimate of drug-likeness (QED) is 0.414. The predicted octanol–water partition coefficient (Wildman–Crippen LogP) is 4.15. The van der Waals surface area contributed by atoms with Crippen LogP contribution in [-0.2, 0) is 0 Å². The third-order valence-electron chi connectivity index (χ3n) is 3.53. The fraction of sp³-hybridized carbons (Fsp3) is 0. The Kier molecular flexibility index (Phi) is 4.65. The zero-order valence-corrected chi connectivity index (χ0v) is 12.9. The summed E-state index contributed by atoms with van der Waals surface area (Å²) in [7, 11) is 0. The molecule has 0 bridgehead atoms. The standard InChI is InChI=1S/C22H14O2/c23-21(19-12-5-2-6-13-19)22(24)20-14-8-7-11-18(20)16-15-17-9-3-1-4-10-17/h1-14H. The molecule has 0 radical (unpaired) electrons. The van der Waals surface area contributed by atoms with Gasteiger partial charge in [-0.3, -0.25) is 9.59 Å². The Bertz CT molecular complexity index is 930. The zero-order valence-electron chi connectivity index (χ0n) is 12.9. The minimum atomic E-state index is -0.542. The Labute approximate surface area is 140 Å². The molecule has 0 aliphatic rings. The van der Waals surface area contributed by atoms with Gasteiger partial charge in [0.15, 0.2) is 0 Å². The first-order chi connectivity index (χ1) is 11.8. The topological polar surface area (TPSA) is 34.1 Å². The van der Waals surface area contributed by atoms with E-state index in [1.807, 2.05) is 30.3 Å². The van der Waals surface area contributed by atoms with Crippen molar-refractivity contribution in [3.63, 3.8) is 0 Å². The van der Waals surface area contributed by atoms with Crippen molar-refractivity contribution in [1.29, 1.82) is 0 Å². The van der Waals surface area contributed by atoms with Crippen LogP contribution < -0.4 is 0 Å². The van der Waals surface area contributed by atoms with Gasteiger partial charge in [-0.05, 0) is 24.3 Å². The highest BCUT2D eigenvalue weighted by Gasteiger charge is 2.20. The maximum atomic E-state index is 12.6. The molecule has 114 valence electrons. The fourth-order valence-corrected chi connectivity index (χ4v) is 2.29. The van der Waals surface area contributed by atoms with Gasteiger partial charge in [-0.25, -0.2) is 0 Å². The molecule has 3 aromatic rings. The Hall–Kier alpha value is -3.44. The first kappa shape index (κ1) is 15.5. The summed E-state index contributed by atoms with van der Waals surface area (Å²) in [5, 5.41) is 0. The van der Waals surface area contributed by atoms with Crippen LogP contribution in [0.5, 0.6) is 0 Å². The van der Waals surface area contributed by atoms with Gasteiger partial charge in [-0.2, -0.15) is 0 Å². The lowest BCUT2D eigenvalue weighted by Crippen LogP contribution is -2.15. The van der Waals surface area contributed by atoms with Crippen molar-refractivity contribution < 1.29 is 9.59 Å². The SMILES string of the molecule is O=C(C(=O)c1ccccc1C#Cc1ccccc1)c1ccccc1. The second kappa shape index (κ2) is 7.21. The molecule has 3 rings (SSSR count). The number of rotatable bonds is 3. The lowest BCUT2D eigenvalue weighted by atomic mass is 9.97. The number of hydrogen-bond donors (Lipinski definition) is 0. The minimum absolute atomic E-state index is 0.329. The van der Waals surface area contributed by atoms with Gasteiger partial charge in [-0.1, -0.05) is 72.5 Å². The summed E-state index contributed by atoms with van der Waals surface area (Å²) in [6, 6.07) is 25.0. The van der Waals surface area contributed by atoms with E-state index in [1.54, 1.807) is 54.6 Å². The largest absolute Gasteiger partial charge is 0.285 e. The van der Waals surface area contributed by atoms with Gasteiger partial charge in [-0.15, -0.1) is 0 Å². The Morgan fingerprint density at radius 2 is 1.17 bits per heavy atom. The van der Waals surface area contributed by atoms with E-state index in [9.17, 15) is 9.59 Å². The number of carbonyl (C=O) groups is 2. The third-order valence-corrected chi connectivity index (χ3v) is 3.53. The van der Waals surface area contributed by atoms with Crippen molar-refractivity contribution in [2.24, 2.45) is 0 Å². The molecular formula is C22H14O2. The summed E-state index contributed by atoms with van der Waals surface area (Å²) in [6.07, 6.45) is 0. The molecule has 0 N–H and O–H groups in total. The van der Waals surface area contributed by atoms with E-state index in [1.165, 1.54) is 0 Å². The first-order valence-corrected chi connectivity index (χ1v) is 7.56. The van der Waals surface area contributed by atoms with E-state index >= 15 is 0 Å². The monoisotopic (exact) mass is 310 g/mol. The van der Waals surface area contributed by atoms with Crippen molar-refractivity contribution in [2.45, 2.75) is 0 Å². The van der Waals surface area contributed by atoms with Gasteiger partial charge in [0.05, 0.1) is 0 Å². The molecule has 0 aromatic heterocycles. The van der Waals surface area contributed by atoms with Crippen LogP contribution >= 0.6 is 0 Å². The van der Waals surface area contributed by atoms with Gasteiger partial charge in [0.1, 0.15) is 0 Å². The molecule has 24 heavy (non-hydrogen) atoms. The summed E-state index contributed by atoms with van der Waals surface area (Å²) >= 11 is 0. The molecule has 0 heterocycles. The molecule has 0 unspecified atom stereocenters. The summed E-state index contributed by atoms with van der Waals surface area (Å²) in [4.78, 5) is 24.9. The van der Waals surface area contributed by atoms with Crippen LogP contribution in [0.1, 0.15) is 31.8 Å². The van der Waals surface area contributed by atoms with Crippen molar-refractivity contribution in [3.8, 4) is 11.8 Å². The second-order valence-corrected chi connectivity index (χ2v) is 5.19. The number of ketones is 2. The maximum absolute atomic E-state index is 12.6. The Morgan fingerprint density at radius 1 is 0.583 bits per heavy atom. The molecule has 0 saturated carbocycles. The van der Waals surface area contributed by atoms with Gasteiger partial charge < -0.3 is 0 Å². The molecule has 0 aliphatic carbocycles. The number of carbonyl (C=O) groups excluding carboxylic acids is 2. The molecule has 2 heteroatoms. The van der Waals surface area contributed by atoms with Crippen molar-refractivity contribution >= 4 is 11.6 Å². The summed E-state index contributed by atoms with van der Waals surface area (Å²) in [6.45, 7) is 0. The van der Waals surface area contributed by atoms with Crippen LogP contribution in [0.15, 0.2) is 84.9 Å². The summed E-state index contributed by atoms with van der Waals surface area (Å²) in [5.74, 6) is 4.95. The summed E-state index contributed by atoms with van der Waals surface area (Å²) in [5.41, 5.74) is 2.12. The molecular weight excluding hydrogens is 296 g/mol. The van der Waals surface area contributed by atoms with Crippen LogP contribution in [-0.4, -0.2) is 11.6 Å². The number of Topliss-reactive ketones (excluding diaryl/α,β-unsaturated/α-hetero) is 2. The van der Waals surface area contributed by atoms with E-state index < -0.39 is 11.6 Å². The maximum Gasteiger partial charge on any atom is 0.234 e. The number of benzene rings is 3. The third kappa shape index (κ3) is 3.48. The van der Waals surface area contributed by atoms with E-state index in [-0.39, 0.29) is 0 Å². The summed E-state index contributed by atoms with van der Waals surface area (Å²) < 4.78 is 0. The molecule has 0 amide bonds. The van der Waals surface area contributed by atoms with E-state index in [4.69, 9.17) is 0 Å². The Morgan fingerprint density at radius 3 is 1.88 bits per heavy atom. The fourth-order valence-electron chi connectivity index (χ4n) is 2.29. The molecule has 0 spiro atoms. The lowest BCUT2D eigenvalue weighted by Gasteiger charge is -2.03. The van der Waals surface area contributed by atoms with Gasteiger partial charge in [0.2, 0.25) is 11.6 Å². The van der Waals surface area contributed by atoms with E-state index in [0.29, 0.717) is 16.7 Å². The van der Waals surface area contributed by atoms with Crippen LogP contribution in [0.4, 0.5) is 0 Å². The van der Waals surface area contributed by atoms with Crippen LogP contribution in [0, 0.1) is 11.8 Å². The Balaban J connectivity index is 1.94. The molecule has 3 aromatic carbocycles. The van der Waals surface area contributed by atoms with E-state index in [2.05, 4.69) is 11.8 Å². The van der Waals surface area contributed by atoms with Crippen molar-refractivity contribution in [2.75, 3.05) is 0 Å². The van der Waals surface area contributed by atoms with Crippen LogP contribution in [0.3, 0.4) is 0 Å². The molecule has 0 fully saturated rings. The smallest absolute Gasteiger partial charge is 0.234 e. The van der Waals surface area contributed by atoms with Crippen LogP contribution in [0.25, 0.3) is 0 Å². The molecule has 0 saturated heterocycles. The zero-order chi connectivity index (χ0) is 16.8. The van der Waals surface area contributed by atoms with E-state index in [0.717, 1.165) is 5.56 Å². The highest BCUT2D eigenvalue weighted by molar-refractivity contribution is 6.49. The highest BCUT2D eigenvalue weighted by Crippen LogP contribution is 2.12. The molecule has 0 aliphatic heterocycles. The van der Waals surface area contributed by atoms with Gasteiger partial charge >= 0.3 is 0 Å². The van der Waals surface area contributed by atoms with Crippen molar-refractivity contribution in [1.82, 2.24) is 0 Å². The normalized spacial score (nSPS) is 9.67. The highest BCUT2D eigenvalue weighted by atomic mass is 16.2. The number of hydrogen-bond acceptors (Lipinski definition) is 2. The van der Waals surface area contributed by atoms with Gasteiger partial charge in [0.25, 0.3) is 0 Å². The minimum Gasteiger partial charge on any atom is -0.285 e. The molecule has 2 nitrogen and oxygen atoms in total. The molecule has 0 atom stereocenters. The first-order valence-electron chi connectivity index (χ1n) is 7.56. The predicted molar refractivity (Wildman–Crippen MR) is 94.0 cm³/mol.